The number of halogens is 4. The SMILES string of the molecule is O=C(O)C1CCC(NC2CCN(c3ncc(C(F)(F)F)cc3Cl)C2)CC1. The highest BCUT2D eigenvalue weighted by atomic mass is 35.5. The van der Waals surface area contributed by atoms with Crippen LogP contribution in [0.1, 0.15) is 37.7 Å². The first-order valence-corrected chi connectivity index (χ1v) is 9.08. The number of rotatable bonds is 4. The minimum Gasteiger partial charge on any atom is -0.481 e. The van der Waals surface area contributed by atoms with E-state index >= 15 is 0 Å². The molecular formula is C17H21ClF3N3O2. The lowest BCUT2D eigenvalue weighted by Crippen LogP contribution is -2.42. The summed E-state index contributed by atoms with van der Waals surface area (Å²) >= 11 is 6.02. The summed E-state index contributed by atoms with van der Waals surface area (Å²) in [6.45, 7) is 1.29. The van der Waals surface area contributed by atoms with E-state index in [0.717, 1.165) is 31.5 Å². The standard InChI is InChI=1S/C17H21ClF3N3O2/c18-14-7-11(17(19,20)21)8-22-15(14)24-6-5-13(9-24)23-12-3-1-10(2-4-12)16(25)26/h7-8,10,12-13,23H,1-6,9H2,(H,25,26). The molecule has 0 spiro atoms. The van der Waals surface area contributed by atoms with Crippen molar-refractivity contribution >= 4 is 23.4 Å². The van der Waals surface area contributed by atoms with E-state index < -0.39 is 17.7 Å². The van der Waals surface area contributed by atoms with Gasteiger partial charge in [0.2, 0.25) is 0 Å². The molecule has 1 unspecified atom stereocenters. The topological polar surface area (TPSA) is 65.5 Å². The number of carboxylic acid groups (broad SMARTS) is 1. The third-order valence-corrected chi connectivity index (χ3v) is 5.46. The Balaban J connectivity index is 1.55. The molecule has 0 aromatic carbocycles. The van der Waals surface area contributed by atoms with E-state index in [-0.39, 0.29) is 23.0 Å². The van der Waals surface area contributed by atoms with Gasteiger partial charge in [-0.1, -0.05) is 11.6 Å². The molecule has 2 heterocycles. The van der Waals surface area contributed by atoms with Crippen LogP contribution in [0.15, 0.2) is 12.3 Å². The quantitative estimate of drug-likeness (QED) is 0.821. The van der Waals surface area contributed by atoms with Gasteiger partial charge in [0.25, 0.3) is 0 Å². The molecular weight excluding hydrogens is 371 g/mol. The Bertz CT molecular complexity index is 663. The van der Waals surface area contributed by atoms with Crippen LogP contribution in [-0.2, 0) is 11.0 Å². The third-order valence-electron chi connectivity index (χ3n) is 5.18. The van der Waals surface area contributed by atoms with E-state index in [0.29, 0.717) is 31.7 Å². The van der Waals surface area contributed by atoms with Gasteiger partial charge in [0.15, 0.2) is 0 Å². The number of nitrogens with one attached hydrogen (secondary N) is 1. The summed E-state index contributed by atoms with van der Waals surface area (Å²) in [6, 6.07) is 1.39. The van der Waals surface area contributed by atoms with Crippen molar-refractivity contribution in [2.24, 2.45) is 5.92 Å². The number of pyridine rings is 1. The molecule has 0 amide bonds. The van der Waals surface area contributed by atoms with Crippen molar-refractivity contribution in [3.05, 3.63) is 22.8 Å². The summed E-state index contributed by atoms with van der Waals surface area (Å²) in [7, 11) is 0. The van der Waals surface area contributed by atoms with E-state index in [1.807, 2.05) is 4.90 Å². The Morgan fingerprint density at radius 3 is 2.50 bits per heavy atom. The monoisotopic (exact) mass is 391 g/mol. The average Bonchev–Trinajstić information content (AvgIpc) is 3.02. The summed E-state index contributed by atoms with van der Waals surface area (Å²) < 4.78 is 38.2. The first kappa shape index (κ1) is 19.2. The summed E-state index contributed by atoms with van der Waals surface area (Å²) in [6.07, 6.45) is 0.205. The van der Waals surface area contributed by atoms with Crippen LogP contribution in [0.5, 0.6) is 0 Å². The van der Waals surface area contributed by atoms with Gasteiger partial charge in [0, 0.05) is 31.4 Å². The molecule has 1 saturated carbocycles. The predicted molar refractivity (Wildman–Crippen MR) is 91.4 cm³/mol. The maximum atomic E-state index is 12.7. The van der Waals surface area contributed by atoms with Gasteiger partial charge in [-0.3, -0.25) is 4.79 Å². The van der Waals surface area contributed by atoms with Gasteiger partial charge in [-0.25, -0.2) is 4.98 Å². The molecule has 3 rings (SSSR count). The van der Waals surface area contributed by atoms with Crippen LogP contribution in [0.4, 0.5) is 19.0 Å². The molecule has 1 aromatic rings. The van der Waals surface area contributed by atoms with Crippen LogP contribution in [-0.4, -0.2) is 41.2 Å². The lowest BCUT2D eigenvalue weighted by atomic mass is 9.86. The summed E-state index contributed by atoms with van der Waals surface area (Å²) in [5, 5.41) is 12.6. The number of hydrogen-bond donors (Lipinski definition) is 2. The fourth-order valence-corrected chi connectivity index (χ4v) is 4.03. The molecule has 2 N–H and O–H groups in total. The molecule has 144 valence electrons. The van der Waals surface area contributed by atoms with E-state index in [2.05, 4.69) is 10.3 Å². The number of carbonyl (C=O) groups is 1. The summed E-state index contributed by atoms with van der Waals surface area (Å²) in [4.78, 5) is 16.8. The van der Waals surface area contributed by atoms with E-state index in [1.54, 1.807) is 0 Å². The zero-order chi connectivity index (χ0) is 18.9. The number of anilines is 1. The zero-order valence-electron chi connectivity index (χ0n) is 14.1. The van der Waals surface area contributed by atoms with Crippen LogP contribution >= 0.6 is 11.6 Å². The van der Waals surface area contributed by atoms with Crippen molar-refractivity contribution in [1.29, 1.82) is 0 Å². The molecule has 2 aliphatic rings. The lowest BCUT2D eigenvalue weighted by molar-refractivity contribution is -0.143. The van der Waals surface area contributed by atoms with E-state index in [9.17, 15) is 18.0 Å². The highest BCUT2D eigenvalue weighted by Gasteiger charge is 2.34. The number of hydrogen-bond acceptors (Lipinski definition) is 4. The average molecular weight is 392 g/mol. The molecule has 1 aliphatic heterocycles. The molecule has 1 saturated heterocycles. The highest BCUT2D eigenvalue weighted by molar-refractivity contribution is 6.33. The summed E-state index contributed by atoms with van der Waals surface area (Å²) in [5.74, 6) is -0.597. The molecule has 26 heavy (non-hydrogen) atoms. The van der Waals surface area contributed by atoms with Gasteiger partial charge in [-0.05, 0) is 38.2 Å². The maximum Gasteiger partial charge on any atom is 0.417 e. The number of aromatic nitrogens is 1. The van der Waals surface area contributed by atoms with Crippen molar-refractivity contribution in [3.8, 4) is 0 Å². The van der Waals surface area contributed by atoms with E-state index in [1.165, 1.54) is 0 Å². The van der Waals surface area contributed by atoms with Crippen molar-refractivity contribution in [1.82, 2.24) is 10.3 Å². The highest BCUT2D eigenvalue weighted by Crippen LogP contribution is 2.34. The first-order valence-electron chi connectivity index (χ1n) is 8.70. The zero-order valence-corrected chi connectivity index (χ0v) is 14.9. The largest absolute Gasteiger partial charge is 0.481 e. The van der Waals surface area contributed by atoms with Crippen LogP contribution in [0.25, 0.3) is 0 Å². The first-order chi connectivity index (χ1) is 12.2. The van der Waals surface area contributed by atoms with Gasteiger partial charge in [0.1, 0.15) is 5.82 Å². The minimum atomic E-state index is -4.46. The smallest absolute Gasteiger partial charge is 0.417 e. The second-order valence-corrected chi connectivity index (χ2v) is 7.42. The van der Waals surface area contributed by atoms with Crippen LogP contribution < -0.4 is 10.2 Å². The Labute approximate surface area is 154 Å². The van der Waals surface area contributed by atoms with Crippen LogP contribution in [0.3, 0.4) is 0 Å². The second-order valence-electron chi connectivity index (χ2n) is 7.01. The van der Waals surface area contributed by atoms with Crippen molar-refractivity contribution in [2.75, 3.05) is 18.0 Å². The number of nitrogens with zero attached hydrogens (tertiary/aromatic N) is 2. The van der Waals surface area contributed by atoms with Crippen LogP contribution in [0, 0.1) is 5.92 Å². The summed E-state index contributed by atoms with van der Waals surface area (Å²) in [5.41, 5.74) is -0.852. The molecule has 0 bridgehead atoms. The normalized spacial score (nSPS) is 26.9. The maximum absolute atomic E-state index is 12.7. The lowest BCUT2D eigenvalue weighted by Gasteiger charge is -2.29. The molecule has 1 aliphatic carbocycles. The molecule has 1 aromatic heterocycles. The minimum absolute atomic E-state index is 0.00226. The second kappa shape index (κ2) is 7.60. The third kappa shape index (κ3) is 4.40. The van der Waals surface area contributed by atoms with Gasteiger partial charge in [-0.15, -0.1) is 0 Å². The van der Waals surface area contributed by atoms with Crippen LogP contribution in [0.2, 0.25) is 5.02 Å². The number of aliphatic carboxylic acids is 1. The molecule has 5 nitrogen and oxygen atoms in total. The van der Waals surface area contributed by atoms with E-state index in [4.69, 9.17) is 16.7 Å². The molecule has 1 atom stereocenters. The van der Waals surface area contributed by atoms with Gasteiger partial charge in [0.05, 0.1) is 16.5 Å². The Kier molecular flexibility index (Phi) is 5.62. The fourth-order valence-electron chi connectivity index (χ4n) is 3.75. The van der Waals surface area contributed by atoms with Gasteiger partial charge >= 0.3 is 12.1 Å². The molecule has 2 fully saturated rings. The van der Waals surface area contributed by atoms with Gasteiger partial charge in [-0.2, -0.15) is 13.2 Å². The fraction of sp³-hybridized carbons (Fsp3) is 0.647. The number of carboxylic acids is 1. The Morgan fingerprint density at radius 2 is 1.92 bits per heavy atom. The molecule has 9 heteroatoms. The Morgan fingerprint density at radius 1 is 1.23 bits per heavy atom. The van der Waals surface area contributed by atoms with Crippen molar-refractivity contribution in [3.63, 3.8) is 0 Å². The molecule has 0 radical (unpaired) electrons. The van der Waals surface area contributed by atoms with Crippen molar-refractivity contribution < 1.29 is 23.1 Å². The Hall–Kier alpha value is -1.54. The number of alkyl halides is 3. The van der Waals surface area contributed by atoms with Gasteiger partial charge < -0.3 is 15.3 Å². The van der Waals surface area contributed by atoms with Crippen molar-refractivity contribution in [2.45, 2.75) is 50.4 Å². The predicted octanol–water partition coefficient (Wildman–Crippen LogP) is 3.57.